The summed E-state index contributed by atoms with van der Waals surface area (Å²) in [6.07, 6.45) is 3.78. The van der Waals surface area contributed by atoms with Crippen molar-refractivity contribution >= 4 is 16.9 Å². The van der Waals surface area contributed by atoms with E-state index < -0.39 is 0 Å². The van der Waals surface area contributed by atoms with Gasteiger partial charge in [-0.2, -0.15) is 0 Å². The van der Waals surface area contributed by atoms with Gasteiger partial charge < -0.3 is 9.47 Å². The Morgan fingerprint density at radius 2 is 1.86 bits per heavy atom. The average molecular weight is 468 g/mol. The molecule has 0 amide bonds. The Labute approximate surface area is 203 Å². The van der Waals surface area contributed by atoms with Crippen LogP contribution in [0.4, 0.5) is 4.39 Å². The van der Waals surface area contributed by atoms with Crippen molar-refractivity contribution in [3.63, 3.8) is 0 Å². The Kier molecular flexibility index (Phi) is 5.48. The van der Waals surface area contributed by atoms with Gasteiger partial charge in [0.25, 0.3) is 0 Å². The summed E-state index contributed by atoms with van der Waals surface area (Å²) in [5.41, 5.74) is 5.81. The van der Waals surface area contributed by atoms with E-state index in [4.69, 9.17) is 9.47 Å². The first-order chi connectivity index (χ1) is 17.1. The van der Waals surface area contributed by atoms with Crippen molar-refractivity contribution in [3.05, 3.63) is 95.4 Å². The summed E-state index contributed by atoms with van der Waals surface area (Å²) < 4.78 is 26.5. The van der Waals surface area contributed by atoms with Crippen LogP contribution in [0.15, 0.2) is 72.9 Å². The number of esters is 1. The number of hydrogen-bond donors (Lipinski definition) is 0. The van der Waals surface area contributed by atoms with Gasteiger partial charge in [0, 0.05) is 17.1 Å². The fraction of sp³-hybridized carbons (Fsp3) is 0.267. The van der Waals surface area contributed by atoms with Gasteiger partial charge in [-0.05, 0) is 84.7 Å². The summed E-state index contributed by atoms with van der Waals surface area (Å²) in [4.78, 5) is 16.4. The van der Waals surface area contributed by atoms with E-state index in [1.54, 1.807) is 6.07 Å². The summed E-state index contributed by atoms with van der Waals surface area (Å²) in [5, 5.41) is 1.06. The van der Waals surface area contributed by atoms with Crippen LogP contribution in [0.5, 0.6) is 5.75 Å². The largest absolute Gasteiger partial charge is 0.486 e. The van der Waals surface area contributed by atoms with Gasteiger partial charge in [0.2, 0.25) is 0 Å². The molecule has 4 nitrogen and oxygen atoms in total. The van der Waals surface area contributed by atoms with Gasteiger partial charge in [-0.3, -0.25) is 9.78 Å². The second kappa shape index (κ2) is 8.81. The van der Waals surface area contributed by atoms with Gasteiger partial charge in [0.05, 0.1) is 18.0 Å². The van der Waals surface area contributed by atoms with Crippen LogP contribution in [-0.4, -0.2) is 17.6 Å². The minimum absolute atomic E-state index is 0.0415. The maximum absolute atomic E-state index is 15.1. The molecule has 3 atom stereocenters. The molecule has 176 valence electrons. The number of pyridine rings is 1. The Morgan fingerprint density at radius 1 is 1.03 bits per heavy atom. The normalized spacial score (nSPS) is 20.5. The van der Waals surface area contributed by atoms with Crippen molar-refractivity contribution in [2.45, 2.75) is 38.2 Å². The molecule has 4 aromatic rings. The zero-order valence-corrected chi connectivity index (χ0v) is 19.5. The molecular weight excluding hydrogens is 441 g/mol. The molecule has 0 aliphatic heterocycles. The molecule has 2 aliphatic carbocycles. The molecule has 3 aromatic carbocycles. The van der Waals surface area contributed by atoms with Gasteiger partial charge in [-0.1, -0.05) is 36.4 Å². The second-order valence-electron chi connectivity index (χ2n) is 9.28. The van der Waals surface area contributed by atoms with Crippen LogP contribution in [0.25, 0.3) is 22.0 Å². The summed E-state index contributed by atoms with van der Waals surface area (Å²) in [5.74, 6) is 0.537. The molecule has 0 spiro atoms. The summed E-state index contributed by atoms with van der Waals surface area (Å²) in [6, 6.07) is 21.3. The lowest BCUT2D eigenvalue weighted by molar-refractivity contribution is -0.144. The maximum Gasteiger partial charge on any atom is 0.309 e. The molecule has 0 bridgehead atoms. The van der Waals surface area contributed by atoms with E-state index in [2.05, 4.69) is 11.1 Å². The highest BCUT2D eigenvalue weighted by Gasteiger charge is 2.45. The molecule has 1 fully saturated rings. The third kappa shape index (κ3) is 3.95. The highest BCUT2D eigenvalue weighted by Crippen LogP contribution is 2.49. The van der Waals surface area contributed by atoms with Crippen LogP contribution < -0.4 is 4.74 Å². The third-order valence-electron chi connectivity index (χ3n) is 7.19. The number of aromatic nitrogens is 1. The molecule has 1 saturated carbocycles. The minimum atomic E-state index is -0.336. The van der Waals surface area contributed by atoms with Crippen molar-refractivity contribution in [3.8, 4) is 16.9 Å². The molecule has 35 heavy (non-hydrogen) atoms. The summed E-state index contributed by atoms with van der Waals surface area (Å²) in [7, 11) is 0. The summed E-state index contributed by atoms with van der Waals surface area (Å²) in [6.45, 7) is 2.24. The van der Waals surface area contributed by atoms with E-state index in [-0.39, 0.29) is 29.7 Å². The van der Waals surface area contributed by atoms with Crippen LogP contribution in [0.1, 0.15) is 48.5 Å². The van der Waals surface area contributed by atoms with E-state index in [0.29, 0.717) is 17.9 Å². The first kappa shape index (κ1) is 21.8. The molecule has 6 rings (SSSR count). The number of ether oxygens (including phenoxy) is 2. The molecular formula is C30H26FNO3. The van der Waals surface area contributed by atoms with E-state index in [9.17, 15) is 4.79 Å². The minimum Gasteiger partial charge on any atom is -0.486 e. The smallest absolute Gasteiger partial charge is 0.309 e. The standard InChI is InChI=1S/C30H26FNO3/c1-2-34-30(33)25-17-24(25)18-7-9-19(10-8-18)35-28-14-12-23-20(11-13-26(31)29(23)28)21-15-16-32-27-6-4-3-5-22(21)27/h3-11,13,15-16,24-25,28H,2,12,14,17H2,1H3/t24-,25+,28-/m1/s1. The Balaban J connectivity index is 1.25. The first-order valence-corrected chi connectivity index (χ1v) is 12.2. The number of halogens is 1. The number of carbonyl (C=O) groups is 1. The van der Waals surface area contributed by atoms with Crippen LogP contribution in [0.2, 0.25) is 0 Å². The number of rotatable bonds is 6. The number of para-hydroxylation sites is 1. The molecule has 0 radical (unpaired) electrons. The highest BCUT2D eigenvalue weighted by atomic mass is 19.1. The van der Waals surface area contributed by atoms with Crippen molar-refractivity contribution < 1.29 is 18.7 Å². The maximum atomic E-state index is 15.1. The summed E-state index contributed by atoms with van der Waals surface area (Å²) >= 11 is 0. The van der Waals surface area contributed by atoms with E-state index >= 15 is 4.39 Å². The number of nitrogens with zero attached hydrogens (tertiary/aromatic N) is 1. The van der Waals surface area contributed by atoms with Crippen LogP contribution >= 0.6 is 0 Å². The van der Waals surface area contributed by atoms with Gasteiger partial charge >= 0.3 is 5.97 Å². The highest BCUT2D eigenvalue weighted by molar-refractivity contribution is 5.95. The van der Waals surface area contributed by atoms with Gasteiger partial charge in [-0.25, -0.2) is 4.39 Å². The van der Waals surface area contributed by atoms with Crippen LogP contribution in [0.3, 0.4) is 0 Å². The van der Waals surface area contributed by atoms with Crippen molar-refractivity contribution in [2.24, 2.45) is 5.92 Å². The zero-order valence-electron chi connectivity index (χ0n) is 19.5. The predicted molar refractivity (Wildman–Crippen MR) is 133 cm³/mol. The number of fused-ring (bicyclic) bond motifs is 2. The molecule has 0 saturated heterocycles. The number of carbonyl (C=O) groups excluding carboxylic acids is 1. The monoisotopic (exact) mass is 467 g/mol. The first-order valence-electron chi connectivity index (χ1n) is 12.2. The SMILES string of the molecule is CCOC(=O)[C@H]1C[C@@H]1c1ccc(O[C@@H]2CCc3c(-c4ccnc5ccccc45)ccc(F)c32)cc1. The molecule has 5 heteroatoms. The topological polar surface area (TPSA) is 48.4 Å². The zero-order chi connectivity index (χ0) is 23.9. The van der Waals surface area contributed by atoms with Crippen molar-refractivity contribution in [1.29, 1.82) is 0 Å². The van der Waals surface area contributed by atoms with Gasteiger partial charge in [0.15, 0.2) is 0 Å². The Hall–Kier alpha value is -3.73. The molecule has 0 N–H and O–H groups in total. The number of hydrogen-bond acceptors (Lipinski definition) is 4. The molecule has 1 heterocycles. The predicted octanol–water partition coefficient (Wildman–Crippen LogP) is 6.77. The van der Waals surface area contributed by atoms with Crippen molar-refractivity contribution in [1.82, 2.24) is 4.98 Å². The number of benzene rings is 3. The quantitative estimate of drug-likeness (QED) is 0.294. The Bertz CT molecular complexity index is 1410. The molecule has 2 aliphatic rings. The van der Waals surface area contributed by atoms with E-state index in [0.717, 1.165) is 52.4 Å². The van der Waals surface area contributed by atoms with E-state index in [1.165, 1.54) is 0 Å². The molecule has 1 aromatic heterocycles. The fourth-order valence-corrected chi connectivity index (χ4v) is 5.41. The lowest BCUT2D eigenvalue weighted by Crippen LogP contribution is -2.07. The average Bonchev–Trinajstić information content (AvgIpc) is 3.58. The fourth-order valence-electron chi connectivity index (χ4n) is 5.41. The van der Waals surface area contributed by atoms with Crippen molar-refractivity contribution in [2.75, 3.05) is 6.61 Å². The van der Waals surface area contributed by atoms with E-state index in [1.807, 2.05) is 67.7 Å². The lowest BCUT2D eigenvalue weighted by atomic mass is 9.94. The second-order valence-corrected chi connectivity index (χ2v) is 9.28. The lowest BCUT2D eigenvalue weighted by Gasteiger charge is -2.17. The Morgan fingerprint density at radius 3 is 2.69 bits per heavy atom. The van der Waals surface area contributed by atoms with Crippen LogP contribution in [-0.2, 0) is 16.0 Å². The third-order valence-corrected chi connectivity index (χ3v) is 7.19. The van der Waals surface area contributed by atoms with Crippen LogP contribution in [0, 0.1) is 11.7 Å². The van der Waals surface area contributed by atoms with Gasteiger partial charge in [0.1, 0.15) is 17.7 Å². The van der Waals surface area contributed by atoms with Gasteiger partial charge in [-0.15, -0.1) is 0 Å². The molecule has 0 unspecified atom stereocenters.